The molecule has 0 aliphatic carbocycles. The monoisotopic (exact) mass is 334 g/mol. The zero-order valence-electron chi connectivity index (χ0n) is 9.56. The van der Waals surface area contributed by atoms with Crippen molar-refractivity contribution in [2.75, 3.05) is 18.6 Å². The van der Waals surface area contributed by atoms with Gasteiger partial charge in [0.05, 0.1) is 10.6 Å². The molecule has 1 aromatic carbocycles. The topological polar surface area (TPSA) is 77.5 Å². The predicted octanol–water partition coefficient (Wildman–Crippen LogP) is 1.32. The lowest BCUT2D eigenvalue weighted by Gasteiger charge is -2.08. The van der Waals surface area contributed by atoms with Crippen molar-refractivity contribution < 1.29 is 30.4 Å². The lowest BCUT2D eigenvalue weighted by atomic mass is 10.3. The van der Waals surface area contributed by atoms with Crippen molar-refractivity contribution in [1.82, 2.24) is 0 Å². The van der Waals surface area contributed by atoms with Crippen LogP contribution in [0.25, 0.3) is 0 Å². The summed E-state index contributed by atoms with van der Waals surface area (Å²) in [7, 11) is -2.67. The Morgan fingerprint density at radius 2 is 1.63 bits per heavy atom. The molecule has 5 nitrogen and oxygen atoms in total. The molecular weight excluding hydrogens is 326 g/mol. The standard InChI is InChI=1S/C9H9ClF2O5S2/c1-18(13,14)3-2-17-9-7(11)4-6(5-8(9)12)19(10,15)16/h4-5H,2-3H2,1H3. The van der Waals surface area contributed by atoms with E-state index in [0.717, 1.165) is 6.26 Å². The number of hydrogen-bond acceptors (Lipinski definition) is 5. The van der Waals surface area contributed by atoms with Crippen LogP contribution in [0.15, 0.2) is 17.0 Å². The van der Waals surface area contributed by atoms with Crippen LogP contribution in [0.5, 0.6) is 5.75 Å². The number of benzene rings is 1. The van der Waals surface area contributed by atoms with Gasteiger partial charge in [0.25, 0.3) is 9.05 Å². The van der Waals surface area contributed by atoms with Gasteiger partial charge >= 0.3 is 0 Å². The van der Waals surface area contributed by atoms with Crippen LogP contribution in [0.4, 0.5) is 8.78 Å². The Balaban J connectivity index is 2.99. The lowest BCUT2D eigenvalue weighted by Crippen LogP contribution is -2.13. The first-order valence-electron chi connectivity index (χ1n) is 4.75. The molecule has 0 atom stereocenters. The molecule has 0 spiro atoms. The van der Waals surface area contributed by atoms with Crippen molar-refractivity contribution in [3.8, 4) is 5.75 Å². The second-order valence-corrected chi connectivity index (χ2v) is 8.46. The van der Waals surface area contributed by atoms with Crippen molar-refractivity contribution in [1.29, 1.82) is 0 Å². The Hall–Kier alpha value is -0.930. The third kappa shape index (κ3) is 4.92. The molecule has 0 aromatic heterocycles. The molecule has 0 bridgehead atoms. The summed E-state index contributed by atoms with van der Waals surface area (Å²) in [5.74, 6) is -3.85. The van der Waals surface area contributed by atoms with Crippen molar-refractivity contribution >= 4 is 29.6 Å². The number of hydrogen-bond donors (Lipinski definition) is 0. The number of halogens is 3. The maximum Gasteiger partial charge on any atom is 0.261 e. The summed E-state index contributed by atoms with van der Waals surface area (Å²) in [6.45, 7) is -0.459. The van der Waals surface area contributed by atoms with E-state index in [1.54, 1.807) is 0 Å². The van der Waals surface area contributed by atoms with Crippen LogP contribution in [0.3, 0.4) is 0 Å². The van der Waals surface area contributed by atoms with Gasteiger partial charge in [-0.15, -0.1) is 0 Å². The molecule has 0 N–H and O–H groups in total. The highest BCUT2D eigenvalue weighted by Gasteiger charge is 2.19. The highest BCUT2D eigenvalue weighted by Crippen LogP contribution is 2.27. The Labute approximate surface area is 113 Å². The molecule has 108 valence electrons. The second kappa shape index (κ2) is 5.59. The van der Waals surface area contributed by atoms with Crippen molar-refractivity contribution in [3.63, 3.8) is 0 Å². The Morgan fingerprint density at radius 1 is 1.16 bits per heavy atom. The minimum Gasteiger partial charge on any atom is -0.487 e. The van der Waals surface area contributed by atoms with Gasteiger partial charge in [0.1, 0.15) is 6.61 Å². The van der Waals surface area contributed by atoms with E-state index in [4.69, 9.17) is 10.7 Å². The minimum absolute atomic E-state index is 0.429. The molecule has 1 aromatic rings. The lowest BCUT2D eigenvalue weighted by molar-refractivity contribution is 0.302. The van der Waals surface area contributed by atoms with Gasteiger partial charge in [-0.1, -0.05) is 0 Å². The van der Waals surface area contributed by atoms with E-state index in [0.29, 0.717) is 12.1 Å². The highest BCUT2D eigenvalue weighted by atomic mass is 35.7. The van der Waals surface area contributed by atoms with Crippen LogP contribution in [0, 0.1) is 11.6 Å². The SMILES string of the molecule is CS(=O)(=O)CCOc1c(F)cc(S(=O)(=O)Cl)cc1F. The average molecular weight is 335 g/mol. The van der Waals surface area contributed by atoms with E-state index in [1.165, 1.54) is 0 Å². The minimum atomic E-state index is -4.27. The van der Waals surface area contributed by atoms with Gasteiger partial charge in [0.2, 0.25) is 0 Å². The fraction of sp³-hybridized carbons (Fsp3) is 0.333. The van der Waals surface area contributed by atoms with E-state index in [9.17, 15) is 25.6 Å². The van der Waals surface area contributed by atoms with E-state index in [-0.39, 0.29) is 0 Å². The Kier molecular flexibility index (Phi) is 4.75. The Bertz CT molecular complexity index is 662. The van der Waals surface area contributed by atoms with E-state index in [2.05, 4.69) is 4.74 Å². The summed E-state index contributed by atoms with van der Waals surface area (Å²) in [6, 6.07) is 0.975. The van der Waals surface area contributed by atoms with Crippen LogP contribution in [0.2, 0.25) is 0 Å². The van der Waals surface area contributed by atoms with Gasteiger partial charge in [-0.2, -0.15) is 0 Å². The third-order valence-electron chi connectivity index (χ3n) is 1.95. The summed E-state index contributed by atoms with van der Waals surface area (Å²) < 4.78 is 74.9. The van der Waals surface area contributed by atoms with Crippen molar-refractivity contribution in [2.45, 2.75) is 4.90 Å². The van der Waals surface area contributed by atoms with E-state index < -0.39 is 53.5 Å². The van der Waals surface area contributed by atoms with Crippen LogP contribution >= 0.6 is 10.7 Å². The molecule has 1 rings (SSSR count). The molecule has 0 saturated heterocycles. The Morgan fingerprint density at radius 3 is 2.00 bits per heavy atom. The zero-order chi connectivity index (χ0) is 14.8. The maximum absolute atomic E-state index is 13.4. The summed E-state index contributed by atoms with van der Waals surface area (Å²) >= 11 is 0. The molecule has 0 radical (unpaired) electrons. The number of ether oxygens (including phenoxy) is 1. The summed E-state index contributed by atoms with van der Waals surface area (Å²) in [5, 5.41) is 0. The van der Waals surface area contributed by atoms with E-state index in [1.807, 2.05) is 0 Å². The van der Waals surface area contributed by atoms with Crippen LogP contribution in [-0.4, -0.2) is 35.5 Å². The maximum atomic E-state index is 13.4. The third-order valence-corrected chi connectivity index (χ3v) is 4.20. The largest absolute Gasteiger partial charge is 0.487 e. The van der Waals surface area contributed by atoms with Gasteiger partial charge in [-0.3, -0.25) is 0 Å². The van der Waals surface area contributed by atoms with Crippen LogP contribution < -0.4 is 4.74 Å². The summed E-state index contributed by atoms with van der Waals surface area (Å²) in [5.41, 5.74) is 0. The first-order chi connectivity index (χ1) is 8.50. The van der Waals surface area contributed by atoms with E-state index >= 15 is 0 Å². The zero-order valence-corrected chi connectivity index (χ0v) is 11.9. The predicted molar refractivity (Wildman–Crippen MR) is 64.6 cm³/mol. The molecule has 0 amide bonds. The van der Waals surface area contributed by atoms with Gasteiger partial charge < -0.3 is 4.74 Å². The molecule has 10 heteroatoms. The number of sulfone groups is 1. The summed E-state index contributed by atoms with van der Waals surface area (Å²) in [4.78, 5) is -0.750. The molecule has 0 aliphatic heterocycles. The van der Waals surface area contributed by atoms with Crippen LogP contribution in [0.1, 0.15) is 0 Å². The average Bonchev–Trinajstić information content (AvgIpc) is 2.18. The smallest absolute Gasteiger partial charge is 0.261 e. The fourth-order valence-corrected chi connectivity index (χ4v) is 2.25. The van der Waals surface area contributed by atoms with Crippen molar-refractivity contribution in [2.24, 2.45) is 0 Å². The molecule has 0 heterocycles. The quantitative estimate of drug-likeness (QED) is 0.759. The second-order valence-electron chi connectivity index (χ2n) is 3.63. The van der Waals surface area contributed by atoms with Gasteiger partial charge in [-0.25, -0.2) is 25.6 Å². The van der Waals surface area contributed by atoms with Crippen LogP contribution in [-0.2, 0) is 18.9 Å². The molecule has 0 fully saturated rings. The van der Waals surface area contributed by atoms with Gasteiger partial charge in [0.15, 0.2) is 27.2 Å². The first-order valence-corrected chi connectivity index (χ1v) is 9.12. The fourth-order valence-electron chi connectivity index (χ4n) is 1.11. The highest BCUT2D eigenvalue weighted by molar-refractivity contribution is 8.13. The molecule has 19 heavy (non-hydrogen) atoms. The van der Waals surface area contributed by atoms with Crippen molar-refractivity contribution in [3.05, 3.63) is 23.8 Å². The molecular formula is C9H9ClF2O5S2. The van der Waals surface area contributed by atoms with Gasteiger partial charge in [0, 0.05) is 16.9 Å². The van der Waals surface area contributed by atoms with Gasteiger partial charge in [-0.05, 0) is 12.1 Å². The summed E-state index contributed by atoms with van der Waals surface area (Å²) in [6.07, 6.45) is 0.937. The number of rotatable bonds is 5. The molecule has 0 unspecified atom stereocenters. The first kappa shape index (κ1) is 16.1. The normalized spacial score (nSPS) is 12.4. The molecule has 0 saturated carbocycles. The molecule has 0 aliphatic rings.